The number of halogens is 4. The number of nitrogens with zero attached hydrogens (tertiary/aromatic N) is 1. The summed E-state index contributed by atoms with van der Waals surface area (Å²) in [5, 5.41) is 0.217. The lowest BCUT2D eigenvalue weighted by Crippen LogP contribution is -2.37. The van der Waals surface area contributed by atoms with E-state index in [0.29, 0.717) is 38.1 Å². The molecule has 92 valence electrons. The molecule has 0 unspecified atom stereocenters. The van der Waals surface area contributed by atoms with E-state index in [1.165, 1.54) is 0 Å². The Balaban J connectivity index is 2.72. The molecule has 0 radical (unpaired) electrons. The van der Waals surface area contributed by atoms with Crippen LogP contribution in [0.3, 0.4) is 0 Å². The SMILES string of the molecule is O=C(/C=C(/CBr)N1CCOCC1)C(F)(F)F. The molecule has 1 fully saturated rings. The maximum absolute atomic E-state index is 12.1. The summed E-state index contributed by atoms with van der Waals surface area (Å²) in [4.78, 5) is 12.5. The van der Waals surface area contributed by atoms with E-state index in [1.807, 2.05) is 0 Å². The van der Waals surface area contributed by atoms with Gasteiger partial charge in [0.05, 0.1) is 13.2 Å². The first kappa shape index (κ1) is 13.5. The van der Waals surface area contributed by atoms with Crippen molar-refractivity contribution in [2.45, 2.75) is 6.18 Å². The Morgan fingerprint density at radius 3 is 2.38 bits per heavy atom. The Bertz CT molecular complexity index is 285. The smallest absolute Gasteiger partial charge is 0.378 e. The van der Waals surface area contributed by atoms with Gasteiger partial charge in [-0.1, -0.05) is 15.9 Å². The number of hydrogen-bond donors (Lipinski definition) is 0. The van der Waals surface area contributed by atoms with Gasteiger partial charge in [0.15, 0.2) is 0 Å². The van der Waals surface area contributed by atoms with Gasteiger partial charge in [-0.2, -0.15) is 13.2 Å². The van der Waals surface area contributed by atoms with Crippen molar-refractivity contribution in [3.8, 4) is 0 Å². The van der Waals surface area contributed by atoms with Crippen LogP contribution in [-0.2, 0) is 9.53 Å². The molecule has 3 nitrogen and oxygen atoms in total. The predicted octanol–water partition coefficient (Wildman–Crippen LogP) is 1.73. The summed E-state index contributed by atoms with van der Waals surface area (Å²) in [6, 6.07) is 0. The number of ether oxygens (including phenoxy) is 1. The van der Waals surface area contributed by atoms with E-state index in [1.54, 1.807) is 4.90 Å². The van der Waals surface area contributed by atoms with Crippen molar-refractivity contribution in [2.24, 2.45) is 0 Å². The molecule has 0 amide bonds. The first-order chi connectivity index (χ1) is 7.45. The molecule has 1 aliphatic heterocycles. The van der Waals surface area contributed by atoms with Crippen LogP contribution in [0.5, 0.6) is 0 Å². The second kappa shape index (κ2) is 5.67. The molecule has 0 bridgehead atoms. The Morgan fingerprint density at radius 1 is 1.38 bits per heavy atom. The van der Waals surface area contributed by atoms with Gasteiger partial charge < -0.3 is 9.64 Å². The third kappa shape index (κ3) is 3.79. The molecule has 0 atom stereocenters. The van der Waals surface area contributed by atoms with Gasteiger partial charge in [0.25, 0.3) is 5.78 Å². The zero-order valence-electron chi connectivity index (χ0n) is 8.39. The van der Waals surface area contributed by atoms with Crippen molar-refractivity contribution in [1.29, 1.82) is 0 Å². The maximum atomic E-state index is 12.1. The maximum Gasteiger partial charge on any atom is 0.454 e. The van der Waals surface area contributed by atoms with E-state index in [2.05, 4.69) is 15.9 Å². The van der Waals surface area contributed by atoms with Crippen LogP contribution in [-0.4, -0.2) is 48.5 Å². The van der Waals surface area contributed by atoms with E-state index >= 15 is 0 Å². The molecule has 0 saturated carbocycles. The van der Waals surface area contributed by atoms with Gasteiger partial charge in [0.1, 0.15) is 0 Å². The number of morpholine rings is 1. The van der Waals surface area contributed by atoms with Crippen molar-refractivity contribution in [3.63, 3.8) is 0 Å². The monoisotopic (exact) mass is 301 g/mol. The van der Waals surface area contributed by atoms with E-state index < -0.39 is 12.0 Å². The number of ketones is 1. The Labute approximate surface area is 99.4 Å². The number of carbonyl (C=O) groups is 1. The van der Waals surface area contributed by atoms with Crippen LogP contribution in [0.1, 0.15) is 0 Å². The summed E-state index contributed by atoms with van der Waals surface area (Å²) in [5.74, 6) is -1.83. The molecule has 7 heteroatoms. The van der Waals surface area contributed by atoms with E-state index in [0.717, 1.165) is 0 Å². The summed E-state index contributed by atoms with van der Waals surface area (Å²) in [5.41, 5.74) is 0.339. The van der Waals surface area contributed by atoms with Crippen LogP contribution >= 0.6 is 15.9 Å². The number of carbonyl (C=O) groups excluding carboxylic acids is 1. The summed E-state index contributed by atoms with van der Waals surface area (Å²) in [6.07, 6.45) is -4.17. The first-order valence-electron chi connectivity index (χ1n) is 4.65. The predicted molar refractivity (Wildman–Crippen MR) is 55.3 cm³/mol. The Hall–Kier alpha value is -0.560. The highest BCUT2D eigenvalue weighted by molar-refractivity contribution is 9.09. The van der Waals surface area contributed by atoms with Crippen LogP contribution < -0.4 is 0 Å². The molecular formula is C9H11BrF3NO2. The number of hydrogen-bond acceptors (Lipinski definition) is 3. The van der Waals surface area contributed by atoms with Crippen LogP contribution in [0.2, 0.25) is 0 Å². The molecule has 0 aromatic carbocycles. The van der Waals surface area contributed by atoms with Gasteiger partial charge in [0, 0.05) is 30.2 Å². The zero-order chi connectivity index (χ0) is 12.2. The summed E-state index contributed by atoms with van der Waals surface area (Å²) in [7, 11) is 0. The Kier molecular flexibility index (Phi) is 4.79. The zero-order valence-corrected chi connectivity index (χ0v) is 9.97. The fourth-order valence-electron chi connectivity index (χ4n) is 1.30. The van der Waals surface area contributed by atoms with Gasteiger partial charge in [-0.05, 0) is 0 Å². The van der Waals surface area contributed by atoms with Crippen molar-refractivity contribution < 1.29 is 22.7 Å². The van der Waals surface area contributed by atoms with Gasteiger partial charge in [0.2, 0.25) is 0 Å². The average molecular weight is 302 g/mol. The van der Waals surface area contributed by atoms with Crippen molar-refractivity contribution >= 4 is 21.7 Å². The minimum absolute atomic E-state index is 0.217. The number of alkyl halides is 4. The third-order valence-electron chi connectivity index (χ3n) is 2.13. The van der Waals surface area contributed by atoms with Gasteiger partial charge >= 0.3 is 6.18 Å². The molecule has 0 aromatic rings. The highest BCUT2D eigenvalue weighted by Crippen LogP contribution is 2.19. The molecule has 0 aliphatic carbocycles. The van der Waals surface area contributed by atoms with Crippen molar-refractivity contribution in [1.82, 2.24) is 4.90 Å². The molecule has 1 rings (SSSR count). The second-order valence-electron chi connectivity index (χ2n) is 3.23. The molecule has 1 heterocycles. The molecule has 0 spiro atoms. The van der Waals surface area contributed by atoms with Gasteiger partial charge in [-0.25, -0.2) is 0 Å². The average Bonchev–Trinajstić information content (AvgIpc) is 2.25. The number of rotatable bonds is 3. The van der Waals surface area contributed by atoms with Crippen molar-refractivity contribution in [3.05, 3.63) is 11.8 Å². The van der Waals surface area contributed by atoms with Crippen LogP contribution in [0, 0.1) is 0 Å². The molecule has 0 N–H and O–H groups in total. The minimum Gasteiger partial charge on any atom is -0.378 e. The van der Waals surface area contributed by atoms with Gasteiger partial charge in [-0.3, -0.25) is 4.79 Å². The lowest BCUT2D eigenvalue weighted by molar-refractivity contribution is -0.165. The minimum atomic E-state index is -4.81. The number of allylic oxidation sites excluding steroid dienone is 2. The lowest BCUT2D eigenvalue weighted by atomic mass is 10.2. The van der Waals surface area contributed by atoms with E-state index in [-0.39, 0.29) is 5.33 Å². The molecule has 1 aliphatic rings. The topological polar surface area (TPSA) is 29.5 Å². The van der Waals surface area contributed by atoms with Crippen LogP contribution in [0.25, 0.3) is 0 Å². The standard InChI is InChI=1S/C9H11BrF3NO2/c10-6-7(5-8(15)9(11,12)13)14-1-3-16-4-2-14/h5H,1-4,6H2/b7-5-. The van der Waals surface area contributed by atoms with Crippen LogP contribution in [0.4, 0.5) is 13.2 Å². The van der Waals surface area contributed by atoms with E-state index in [9.17, 15) is 18.0 Å². The summed E-state index contributed by atoms with van der Waals surface area (Å²) >= 11 is 3.08. The normalized spacial score (nSPS) is 18.8. The Morgan fingerprint density at radius 2 is 1.94 bits per heavy atom. The largest absolute Gasteiger partial charge is 0.454 e. The first-order valence-corrected chi connectivity index (χ1v) is 5.77. The van der Waals surface area contributed by atoms with Gasteiger partial charge in [-0.15, -0.1) is 0 Å². The summed E-state index contributed by atoms with van der Waals surface area (Å²) < 4.78 is 41.3. The molecule has 1 saturated heterocycles. The lowest BCUT2D eigenvalue weighted by Gasteiger charge is -2.30. The molecular weight excluding hydrogens is 291 g/mol. The van der Waals surface area contributed by atoms with Crippen molar-refractivity contribution in [2.75, 3.05) is 31.6 Å². The van der Waals surface area contributed by atoms with E-state index in [4.69, 9.17) is 4.74 Å². The quantitative estimate of drug-likeness (QED) is 0.587. The molecule has 0 aromatic heterocycles. The fraction of sp³-hybridized carbons (Fsp3) is 0.667. The van der Waals surface area contributed by atoms with Crippen LogP contribution in [0.15, 0.2) is 11.8 Å². The highest BCUT2D eigenvalue weighted by Gasteiger charge is 2.37. The summed E-state index contributed by atoms with van der Waals surface area (Å²) in [6.45, 7) is 1.93. The fourth-order valence-corrected chi connectivity index (χ4v) is 1.81. The highest BCUT2D eigenvalue weighted by atomic mass is 79.9. The third-order valence-corrected chi connectivity index (χ3v) is 2.71. The molecule has 16 heavy (non-hydrogen) atoms. The second-order valence-corrected chi connectivity index (χ2v) is 3.79.